The van der Waals surface area contributed by atoms with Crippen molar-refractivity contribution in [3.05, 3.63) is 42.2 Å². The van der Waals surface area contributed by atoms with Crippen molar-refractivity contribution in [2.75, 3.05) is 37.8 Å². The summed E-state index contributed by atoms with van der Waals surface area (Å²) < 4.78 is 38.5. The minimum absolute atomic E-state index is 0.152. The zero-order chi connectivity index (χ0) is 21.9. The molecule has 1 aliphatic rings. The molecule has 2 heterocycles. The van der Waals surface area contributed by atoms with Gasteiger partial charge >= 0.3 is 6.03 Å². The molecule has 2 aromatic rings. The first-order valence-electron chi connectivity index (χ1n) is 9.31. The third-order valence-corrected chi connectivity index (χ3v) is 8.09. The zero-order valence-corrected chi connectivity index (χ0v) is 18.2. The van der Waals surface area contributed by atoms with Crippen molar-refractivity contribution in [2.45, 2.75) is 17.1 Å². The molecule has 0 bridgehead atoms. The van der Waals surface area contributed by atoms with Crippen molar-refractivity contribution >= 4 is 44.0 Å². The summed E-state index contributed by atoms with van der Waals surface area (Å²) in [6.45, 7) is 0.809. The van der Waals surface area contributed by atoms with Crippen molar-refractivity contribution < 1.29 is 22.4 Å². The summed E-state index contributed by atoms with van der Waals surface area (Å²) in [7, 11) is -0.644. The molecule has 1 aliphatic heterocycles. The Hall–Kier alpha value is -2.50. The number of carbonyl (C=O) groups excluding carboxylic acids is 2. The van der Waals surface area contributed by atoms with Gasteiger partial charge in [-0.25, -0.2) is 21.9 Å². The maximum Gasteiger partial charge on any atom is 0.322 e. The molecule has 0 aliphatic carbocycles. The Morgan fingerprint density at radius 2 is 1.70 bits per heavy atom. The quantitative estimate of drug-likeness (QED) is 0.726. The van der Waals surface area contributed by atoms with Crippen LogP contribution in [0.25, 0.3) is 0 Å². The number of rotatable bonds is 5. The lowest BCUT2D eigenvalue weighted by molar-refractivity contribution is -0.121. The number of carbonyl (C=O) groups is 2. The summed E-state index contributed by atoms with van der Waals surface area (Å²) in [5.74, 6) is -0.763. The number of sulfonamides is 1. The van der Waals surface area contributed by atoms with E-state index in [2.05, 4.69) is 10.6 Å². The minimum atomic E-state index is -3.54. The van der Waals surface area contributed by atoms with E-state index in [-0.39, 0.29) is 27.9 Å². The average Bonchev–Trinajstić information content (AvgIpc) is 3.19. The van der Waals surface area contributed by atoms with Gasteiger partial charge in [0.05, 0.1) is 5.00 Å². The highest BCUT2D eigenvalue weighted by molar-refractivity contribution is 7.91. The average molecular weight is 455 g/mol. The number of amides is 3. The van der Waals surface area contributed by atoms with E-state index in [0.29, 0.717) is 36.6 Å². The van der Waals surface area contributed by atoms with Gasteiger partial charge in [0.2, 0.25) is 5.91 Å². The molecule has 0 unspecified atom stereocenters. The molecular weight excluding hydrogens is 431 g/mol. The largest absolute Gasteiger partial charge is 0.326 e. The molecule has 1 fully saturated rings. The predicted molar refractivity (Wildman–Crippen MR) is 114 cm³/mol. The normalized spacial score (nSPS) is 15.3. The molecule has 0 spiro atoms. The molecule has 0 radical (unpaired) electrons. The smallest absolute Gasteiger partial charge is 0.322 e. The molecule has 3 rings (SSSR count). The highest BCUT2D eigenvalue weighted by Crippen LogP contribution is 2.28. The lowest BCUT2D eigenvalue weighted by atomic mass is 9.96. The number of halogens is 1. The van der Waals surface area contributed by atoms with E-state index in [9.17, 15) is 22.4 Å². The van der Waals surface area contributed by atoms with E-state index >= 15 is 0 Å². The Morgan fingerprint density at radius 1 is 1.07 bits per heavy atom. The summed E-state index contributed by atoms with van der Waals surface area (Å²) in [6.07, 6.45) is 1.01. The van der Waals surface area contributed by atoms with Crippen LogP contribution in [0, 0.1) is 11.7 Å². The van der Waals surface area contributed by atoms with E-state index in [1.54, 1.807) is 11.0 Å². The Labute approximate surface area is 178 Å². The molecule has 0 saturated carbocycles. The second-order valence-electron chi connectivity index (χ2n) is 7.09. The van der Waals surface area contributed by atoms with Gasteiger partial charge in [-0.3, -0.25) is 10.1 Å². The number of hydrogen-bond acceptors (Lipinski definition) is 5. The van der Waals surface area contributed by atoms with Gasteiger partial charge < -0.3 is 10.2 Å². The molecule has 0 atom stereocenters. The Balaban J connectivity index is 1.51. The van der Waals surface area contributed by atoms with Gasteiger partial charge in [-0.05, 0) is 49.2 Å². The van der Waals surface area contributed by atoms with Gasteiger partial charge in [-0.1, -0.05) is 0 Å². The van der Waals surface area contributed by atoms with Gasteiger partial charge in [0, 0.05) is 38.8 Å². The summed E-state index contributed by atoms with van der Waals surface area (Å²) in [6, 6.07) is 8.25. The lowest BCUT2D eigenvalue weighted by Crippen LogP contribution is -2.43. The topological polar surface area (TPSA) is 98.8 Å². The fourth-order valence-corrected chi connectivity index (χ4v) is 5.38. The number of nitrogens with one attached hydrogen (secondary N) is 2. The van der Waals surface area contributed by atoms with E-state index in [4.69, 9.17) is 0 Å². The fraction of sp³-hybridized carbons (Fsp3) is 0.368. The highest BCUT2D eigenvalue weighted by atomic mass is 32.2. The van der Waals surface area contributed by atoms with E-state index in [1.165, 1.54) is 44.4 Å². The number of thiophene rings is 1. The number of likely N-dealkylation sites (tertiary alicyclic amines) is 1. The first-order valence-corrected chi connectivity index (χ1v) is 11.6. The molecule has 1 aromatic carbocycles. The van der Waals surface area contributed by atoms with Crippen LogP contribution in [0.5, 0.6) is 0 Å². The minimum Gasteiger partial charge on any atom is -0.326 e. The SMILES string of the molecule is CN(C)S(=O)(=O)c1ccc(NC(=O)N2CCC(C(=O)Nc3ccc(F)cc3)CC2)s1. The van der Waals surface area contributed by atoms with Crippen molar-refractivity contribution in [3.63, 3.8) is 0 Å². The van der Waals surface area contributed by atoms with Crippen LogP contribution in [0.1, 0.15) is 12.8 Å². The maximum atomic E-state index is 13.0. The summed E-state index contributed by atoms with van der Waals surface area (Å²) in [5, 5.41) is 5.92. The van der Waals surface area contributed by atoms with Crippen LogP contribution in [0.3, 0.4) is 0 Å². The zero-order valence-electron chi connectivity index (χ0n) is 16.6. The van der Waals surface area contributed by atoms with Crippen molar-refractivity contribution in [1.29, 1.82) is 0 Å². The van der Waals surface area contributed by atoms with Crippen LogP contribution >= 0.6 is 11.3 Å². The van der Waals surface area contributed by atoms with E-state index < -0.39 is 10.0 Å². The van der Waals surface area contributed by atoms with Crippen LogP contribution in [0.4, 0.5) is 19.9 Å². The Kier molecular flexibility index (Phi) is 6.74. The van der Waals surface area contributed by atoms with Crippen LogP contribution in [0.15, 0.2) is 40.6 Å². The Bertz CT molecular complexity index is 1010. The fourth-order valence-electron chi connectivity index (χ4n) is 3.01. The number of urea groups is 1. The van der Waals surface area contributed by atoms with Gasteiger partial charge in [0.1, 0.15) is 10.0 Å². The predicted octanol–water partition coefficient (Wildman–Crippen LogP) is 3.02. The molecule has 2 N–H and O–H groups in total. The second-order valence-corrected chi connectivity index (χ2v) is 10.6. The molecular formula is C19H23FN4O4S2. The van der Waals surface area contributed by atoms with Gasteiger partial charge in [0.15, 0.2) is 0 Å². The molecule has 1 aromatic heterocycles. The van der Waals surface area contributed by atoms with Crippen LogP contribution in [0.2, 0.25) is 0 Å². The summed E-state index contributed by atoms with van der Waals surface area (Å²) >= 11 is 0.989. The molecule has 162 valence electrons. The Morgan fingerprint density at radius 3 is 2.30 bits per heavy atom. The standard InChI is InChI=1S/C19H23FN4O4S2/c1-23(2)30(27,28)17-8-7-16(29-17)22-19(26)24-11-9-13(10-12-24)18(25)21-15-5-3-14(20)4-6-15/h3-8,13H,9-12H2,1-2H3,(H,21,25)(H,22,26). The number of nitrogens with zero attached hydrogens (tertiary/aromatic N) is 2. The van der Waals surface area contributed by atoms with Crippen LogP contribution in [-0.4, -0.2) is 56.7 Å². The second kappa shape index (κ2) is 9.11. The molecule has 8 nitrogen and oxygen atoms in total. The van der Waals surface area contributed by atoms with Crippen molar-refractivity contribution in [3.8, 4) is 0 Å². The third-order valence-electron chi connectivity index (χ3n) is 4.81. The first-order chi connectivity index (χ1) is 14.2. The first kappa shape index (κ1) is 22.2. The molecule has 30 heavy (non-hydrogen) atoms. The highest BCUT2D eigenvalue weighted by Gasteiger charge is 2.28. The molecule has 3 amide bonds. The summed E-state index contributed by atoms with van der Waals surface area (Å²) in [4.78, 5) is 26.5. The molecule has 11 heteroatoms. The van der Waals surface area contributed by atoms with E-state index in [1.807, 2.05) is 0 Å². The number of hydrogen-bond donors (Lipinski definition) is 2. The number of benzene rings is 1. The van der Waals surface area contributed by atoms with Crippen molar-refractivity contribution in [1.82, 2.24) is 9.21 Å². The lowest BCUT2D eigenvalue weighted by Gasteiger charge is -2.31. The summed E-state index contributed by atoms with van der Waals surface area (Å²) in [5.41, 5.74) is 0.530. The molecule has 1 saturated heterocycles. The van der Waals surface area contributed by atoms with Crippen LogP contribution < -0.4 is 10.6 Å². The monoisotopic (exact) mass is 454 g/mol. The maximum absolute atomic E-state index is 13.0. The van der Waals surface area contributed by atoms with Crippen LogP contribution in [-0.2, 0) is 14.8 Å². The number of anilines is 2. The van der Waals surface area contributed by atoms with Gasteiger partial charge in [-0.15, -0.1) is 11.3 Å². The van der Waals surface area contributed by atoms with Crippen molar-refractivity contribution in [2.24, 2.45) is 5.92 Å². The third kappa shape index (κ3) is 5.15. The van der Waals surface area contributed by atoms with Gasteiger partial charge in [0.25, 0.3) is 10.0 Å². The van der Waals surface area contributed by atoms with Gasteiger partial charge in [-0.2, -0.15) is 0 Å². The van der Waals surface area contributed by atoms with E-state index in [0.717, 1.165) is 15.6 Å². The number of piperidine rings is 1.